The standard InChI is InChI=1S/C50H96O6/c1-44(2)36-30-24-18-13-10-8-7-9-11-15-21-27-33-39-48(51)54-42-47(43-55-49(52)40-34-28-23-17-20-26-32-38-46(5)6)56-50(53)41-35-29-22-16-12-14-19-25-31-37-45(3)4/h44-47H,7-43H2,1-6H3/t47-/m0/s1. The van der Waals surface area contributed by atoms with Gasteiger partial charge >= 0.3 is 17.9 Å². The van der Waals surface area contributed by atoms with Crippen LogP contribution in [0.3, 0.4) is 0 Å². The minimum absolute atomic E-state index is 0.0657. The van der Waals surface area contributed by atoms with Crippen LogP contribution in [0.4, 0.5) is 0 Å². The van der Waals surface area contributed by atoms with Crippen molar-refractivity contribution in [3.63, 3.8) is 0 Å². The number of carbonyl (C=O) groups excluding carboxylic acids is 3. The van der Waals surface area contributed by atoms with Crippen molar-refractivity contribution in [1.29, 1.82) is 0 Å². The molecule has 0 radical (unpaired) electrons. The van der Waals surface area contributed by atoms with Crippen molar-refractivity contribution >= 4 is 17.9 Å². The summed E-state index contributed by atoms with van der Waals surface area (Å²) in [6, 6.07) is 0. The minimum atomic E-state index is -0.762. The fourth-order valence-electron chi connectivity index (χ4n) is 7.41. The molecule has 0 N–H and O–H groups in total. The summed E-state index contributed by atoms with van der Waals surface area (Å²) in [6.07, 6.45) is 39.6. The van der Waals surface area contributed by atoms with E-state index < -0.39 is 6.10 Å². The van der Waals surface area contributed by atoms with E-state index in [0.717, 1.165) is 75.5 Å². The Morgan fingerprint density at radius 3 is 0.768 bits per heavy atom. The summed E-state index contributed by atoms with van der Waals surface area (Å²) in [6.45, 7) is 13.6. The molecule has 0 aromatic rings. The molecule has 6 heteroatoms. The van der Waals surface area contributed by atoms with Crippen LogP contribution in [0.2, 0.25) is 0 Å². The maximum absolute atomic E-state index is 12.7. The van der Waals surface area contributed by atoms with Crippen molar-refractivity contribution in [3.8, 4) is 0 Å². The highest BCUT2D eigenvalue weighted by Crippen LogP contribution is 2.17. The normalized spacial score (nSPS) is 12.2. The first-order valence-corrected chi connectivity index (χ1v) is 24.6. The second-order valence-electron chi connectivity index (χ2n) is 18.5. The summed E-state index contributed by atoms with van der Waals surface area (Å²) >= 11 is 0. The maximum Gasteiger partial charge on any atom is 0.306 e. The van der Waals surface area contributed by atoms with Gasteiger partial charge in [0, 0.05) is 19.3 Å². The zero-order chi connectivity index (χ0) is 41.3. The second-order valence-corrected chi connectivity index (χ2v) is 18.5. The molecule has 0 amide bonds. The van der Waals surface area contributed by atoms with Crippen molar-refractivity contribution in [2.75, 3.05) is 13.2 Å². The van der Waals surface area contributed by atoms with E-state index in [1.807, 2.05) is 0 Å². The Morgan fingerprint density at radius 2 is 0.518 bits per heavy atom. The van der Waals surface area contributed by atoms with Crippen LogP contribution in [-0.2, 0) is 28.6 Å². The van der Waals surface area contributed by atoms with Gasteiger partial charge in [0.25, 0.3) is 0 Å². The van der Waals surface area contributed by atoms with Crippen LogP contribution < -0.4 is 0 Å². The fraction of sp³-hybridized carbons (Fsp3) is 0.940. The van der Waals surface area contributed by atoms with Crippen molar-refractivity contribution in [3.05, 3.63) is 0 Å². The van der Waals surface area contributed by atoms with E-state index >= 15 is 0 Å². The third kappa shape index (κ3) is 43.5. The number of unbranched alkanes of at least 4 members (excludes halogenated alkanes) is 26. The van der Waals surface area contributed by atoms with Gasteiger partial charge in [0.05, 0.1) is 0 Å². The molecule has 6 nitrogen and oxygen atoms in total. The first kappa shape index (κ1) is 54.4. The Hall–Kier alpha value is -1.59. The van der Waals surface area contributed by atoms with Crippen LogP contribution in [0.25, 0.3) is 0 Å². The Balaban J connectivity index is 4.29. The number of hydrogen-bond acceptors (Lipinski definition) is 6. The topological polar surface area (TPSA) is 78.9 Å². The first-order chi connectivity index (χ1) is 27.1. The molecule has 0 aromatic heterocycles. The van der Waals surface area contributed by atoms with Gasteiger partial charge in [-0.05, 0) is 37.0 Å². The van der Waals surface area contributed by atoms with E-state index in [1.165, 1.54) is 148 Å². The second kappa shape index (κ2) is 41.6. The molecule has 1 atom stereocenters. The highest BCUT2D eigenvalue weighted by molar-refractivity contribution is 5.71. The van der Waals surface area contributed by atoms with Crippen molar-refractivity contribution in [1.82, 2.24) is 0 Å². The number of carbonyl (C=O) groups is 3. The summed E-state index contributed by atoms with van der Waals surface area (Å²) in [5.41, 5.74) is 0. The Labute approximate surface area is 348 Å². The third-order valence-electron chi connectivity index (χ3n) is 11.1. The molecule has 0 saturated heterocycles. The molecule has 0 bridgehead atoms. The Kier molecular flexibility index (Phi) is 40.4. The third-order valence-corrected chi connectivity index (χ3v) is 11.1. The van der Waals surface area contributed by atoms with Gasteiger partial charge in [0.1, 0.15) is 13.2 Å². The van der Waals surface area contributed by atoms with Crippen LogP contribution in [0.1, 0.15) is 266 Å². The molecule has 0 aromatic carbocycles. The lowest BCUT2D eigenvalue weighted by Gasteiger charge is -2.18. The summed E-state index contributed by atoms with van der Waals surface area (Å²) < 4.78 is 16.8. The van der Waals surface area contributed by atoms with Crippen molar-refractivity contribution in [2.45, 2.75) is 272 Å². The van der Waals surface area contributed by atoms with E-state index in [4.69, 9.17) is 14.2 Å². The summed E-state index contributed by atoms with van der Waals surface area (Å²) in [4.78, 5) is 37.8. The largest absolute Gasteiger partial charge is 0.462 e. The van der Waals surface area contributed by atoms with Crippen LogP contribution in [0, 0.1) is 17.8 Å². The van der Waals surface area contributed by atoms with Gasteiger partial charge in [0.2, 0.25) is 0 Å². The number of rotatable bonds is 43. The van der Waals surface area contributed by atoms with E-state index in [-0.39, 0.29) is 31.1 Å². The number of ether oxygens (including phenoxy) is 3. The molecule has 0 saturated carbocycles. The van der Waals surface area contributed by atoms with Gasteiger partial charge in [-0.25, -0.2) is 0 Å². The number of hydrogen-bond donors (Lipinski definition) is 0. The minimum Gasteiger partial charge on any atom is -0.462 e. The molecular formula is C50H96O6. The molecule has 0 aliphatic rings. The molecule has 56 heavy (non-hydrogen) atoms. The van der Waals surface area contributed by atoms with Gasteiger partial charge in [-0.15, -0.1) is 0 Å². The quantitative estimate of drug-likeness (QED) is 0.0348. The van der Waals surface area contributed by atoms with Crippen LogP contribution >= 0.6 is 0 Å². The molecule has 0 aliphatic heterocycles. The molecule has 0 fully saturated rings. The average Bonchev–Trinajstić information content (AvgIpc) is 3.15. The Bertz CT molecular complexity index is 868. The monoisotopic (exact) mass is 793 g/mol. The van der Waals surface area contributed by atoms with E-state index in [0.29, 0.717) is 19.3 Å². The zero-order valence-corrected chi connectivity index (χ0v) is 38.4. The van der Waals surface area contributed by atoms with Gasteiger partial charge < -0.3 is 14.2 Å². The predicted molar refractivity (Wildman–Crippen MR) is 238 cm³/mol. The maximum atomic E-state index is 12.7. The van der Waals surface area contributed by atoms with E-state index in [2.05, 4.69) is 41.5 Å². The van der Waals surface area contributed by atoms with Crippen molar-refractivity contribution < 1.29 is 28.6 Å². The molecule has 0 spiro atoms. The van der Waals surface area contributed by atoms with Crippen LogP contribution in [0.15, 0.2) is 0 Å². The molecule has 0 unspecified atom stereocenters. The summed E-state index contributed by atoms with van der Waals surface area (Å²) in [5.74, 6) is 1.57. The smallest absolute Gasteiger partial charge is 0.306 e. The lowest BCUT2D eigenvalue weighted by atomic mass is 10.0. The first-order valence-electron chi connectivity index (χ1n) is 24.6. The van der Waals surface area contributed by atoms with Crippen molar-refractivity contribution in [2.24, 2.45) is 17.8 Å². The van der Waals surface area contributed by atoms with Crippen LogP contribution in [0.5, 0.6) is 0 Å². The summed E-state index contributed by atoms with van der Waals surface area (Å²) in [5, 5.41) is 0. The molecule has 332 valence electrons. The molecular weight excluding hydrogens is 697 g/mol. The molecule has 0 aliphatic carbocycles. The lowest BCUT2D eigenvalue weighted by Crippen LogP contribution is -2.30. The Morgan fingerprint density at radius 1 is 0.304 bits per heavy atom. The highest BCUT2D eigenvalue weighted by Gasteiger charge is 2.19. The SMILES string of the molecule is CC(C)CCCCCCCCCCCCCCCC(=O)OC[C@@H](COC(=O)CCCCCCCCCC(C)C)OC(=O)CCCCCCCCCCCC(C)C. The fourth-order valence-corrected chi connectivity index (χ4v) is 7.41. The van der Waals surface area contributed by atoms with E-state index in [1.54, 1.807) is 0 Å². The van der Waals surface area contributed by atoms with Gasteiger partial charge in [-0.1, -0.05) is 228 Å². The van der Waals surface area contributed by atoms with Gasteiger partial charge in [-0.2, -0.15) is 0 Å². The summed E-state index contributed by atoms with van der Waals surface area (Å²) in [7, 11) is 0. The zero-order valence-electron chi connectivity index (χ0n) is 38.4. The van der Waals surface area contributed by atoms with Gasteiger partial charge in [0.15, 0.2) is 6.10 Å². The molecule has 0 rings (SSSR count). The number of esters is 3. The molecule has 0 heterocycles. The van der Waals surface area contributed by atoms with Gasteiger partial charge in [-0.3, -0.25) is 14.4 Å². The van der Waals surface area contributed by atoms with E-state index in [9.17, 15) is 14.4 Å². The predicted octanol–water partition coefficient (Wildman–Crippen LogP) is 15.6. The highest BCUT2D eigenvalue weighted by atomic mass is 16.6. The average molecular weight is 793 g/mol. The lowest BCUT2D eigenvalue weighted by molar-refractivity contribution is -0.167. The van der Waals surface area contributed by atoms with Crippen LogP contribution in [-0.4, -0.2) is 37.2 Å².